The van der Waals surface area contributed by atoms with Gasteiger partial charge in [-0.15, -0.1) is 0 Å². The van der Waals surface area contributed by atoms with Crippen LogP contribution in [0.25, 0.3) is 11.1 Å². The van der Waals surface area contributed by atoms with Crippen LogP contribution in [0.5, 0.6) is 5.75 Å². The van der Waals surface area contributed by atoms with Crippen LogP contribution in [0.2, 0.25) is 0 Å². The summed E-state index contributed by atoms with van der Waals surface area (Å²) < 4.78 is 21.9. The average molecular weight is 489 g/mol. The maximum absolute atomic E-state index is 12.9. The fraction of sp³-hybridized carbons (Fsp3) is 0.333. The molecule has 36 heavy (non-hydrogen) atoms. The van der Waals surface area contributed by atoms with Crippen LogP contribution in [0.3, 0.4) is 0 Å². The molecule has 1 aliphatic heterocycles. The highest BCUT2D eigenvalue weighted by atomic mass is 16.7. The number of fused-ring (bicyclic) bond motifs is 1. The maximum Gasteiger partial charge on any atom is 0.338 e. The first-order valence-electron chi connectivity index (χ1n) is 12.2. The van der Waals surface area contributed by atoms with Gasteiger partial charge in [0.05, 0.1) is 24.7 Å². The molecule has 0 spiro atoms. The van der Waals surface area contributed by atoms with Crippen LogP contribution in [0.4, 0.5) is 0 Å². The number of hydrogen-bond donors (Lipinski definition) is 0. The van der Waals surface area contributed by atoms with Gasteiger partial charge in [-0.05, 0) is 74.6 Å². The first kappa shape index (κ1) is 25.5. The molecular weight excluding hydrogens is 456 g/mol. The summed E-state index contributed by atoms with van der Waals surface area (Å²) in [6.45, 7) is 8.37. The van der Waals surface area contributed by atoms with Crippen LogP contribution in [0, 0.1) is 0 Å². The number of carbonyl (C=O) groups excluding carboxylic acids is 2. The van der Waals surface area contributed by atoms with Gasteiger partial charge in [0.1, 0.15) is 11.4 Å². The quantitative estimate of drug-likeness (QED) is 0.376. The molecule has 0 fully saturated rings. The summed E-state index contributed by atoms with van der Waals surface area (Å²) in [6.07, 6.45) is 0.454. The Morgan fingerprint density at radius 1 is 0.972 bits per heavy atom. The largest absolute Gasteiger partial charge is 0.467 e. The Hall–Kier alpha value is -3.64. The minimum absolute atomic E-state index is 0.259. The van der Waals surface area contributed by atoms with Crippen LogP contribution in [0.15, 0.2) is 66.7 Å². The van der Waals surface area contributed by atoms with Gasteiger partial charge in [0.15, 0.2) is 6.79 Å². The Balaban J connectivity index is 1.55. The second-order valence-electron chi connectivity index (χ2n) is 9.72. The van der Waals surface area contributed by atoms with Gasteiger partial charge in [0.25, 0.3) is 0 Å². The zero-order chi connectivity index (χ0) is 25.7. The van der Waals surface area contributed by atoms with Gasteiger partial charge in [0.2, 0.25) is 0 Å². The lowest BCUT2D eigenvalue weighted by Crippen LogP contribution is -2.23. The molecule has 188 valence electrons. The Bertz CT molecular complexity index is 1210. The predicted molar refractivity (Wildman–Crippen MR) is 137 cm³/mol. The van der Waals surface area contributed by atoms with Crippen LogP contribution in [-0.2, 0) is 32.0 Å². The molecule has 0 aliphatic carbocycles. The van der Waals surface area contributed by atoms with E-state index in [2.05, 4.69) is 0 Å². The van der Waals surface area contributed by atoms with Gasteiger partial charge >= 0.3 is 11.9 Å². The summed E-state index contributed by atoms with van der Waals surface area (Å²) in [5, 5.41) is 0. The fourth-order valence-electron chi connectivity index (χ4n) is 4.19. The predicted octanol–water partition coefficient (Wildman–Crippen LogP) is 6.06. The SMILES string of the molecule is CCOC(=O)C(Cc1ccc(C(=O)OC(C)(C)C)cc1)c1ccc(-c2cccc3c2COCO3)cc1. The van der Waals surface area contributed by atoms with Gasteiger partial charge in [-0.1, -0.05) is 48.5 Å². The lowest BCUT2D eigenvalue weighted by molar-refractivity contribution is -0.144. The highest BCUT2D eigenvalue weighted by Crippen LogP contribution is 2.34. The van der Waals surface area contributed by atoms with Crippen LogP contribution in [-0.4, -0.2) is 30.9 Å². The third-order valence-electron chi connectivity index (χ3n) is 5.90. The normalized spacial score (nSPS) is 13.8. The van der Waals surface area contributed by atoms with Gasteiger partial charge < -0.3 is 18.9 Å². The topological polar surface area (TPSA) is 71.1 Å². The molecule has 3 aromatic carbocycles. The molecule has 0 aromatic heterocycles. The van der Waals surface area contributed by atoms with E-state index in [0.717, 1.165) is 33.6 Å². The van der Waals surface area contributed by atoms with Crippen molar-refractivity contribution in [3.05, 3.63) is 89.0 Å². The molecule has 6 nitrogen and oxygen atoms in total. The van der Waals surface area contributed by atoms with Crippen LogP contribution < -0.4 is 4.74 Å². The van der Waals surface area contributed by atoms with E-state index in [1.165, 1.54) is 0 Å². The Morgan fingerprint density at radius 3 is 2.36 bits per heavy atom. The molecule has 6 heteroatoms. The number of carbonyl (C=O) groups is 2. The van der Waals surface area contributed by atoms with E-state index >= 15 is 0 Å². The van der Waals surface area contributed by atoms with Crippen molar-refractivity contribution >= 4 is 11.9 Å². The molecule has 1 unspecified atom stereocenters. The lowest BCUT2D eigenvalue weighted by atomic mass is 9.90. The van der Waals surface area contributed by atoms with Crippen molar-refractivity contribution in [1.82, 2.24) is 0 Å². The Kier molecular flexibility index (Phi) is 7.75. The summed E-state index contributed by atoms with van der Waals surface area (Å²) in [5.74, 6) is -0.282. The Labute approximate surface area is 212 Å². The summed E-state index contributed by atoms with van der Waals surface area (Å²) in [5.41, 5.74) is 4.80. The molecule has 1 heterocycles. The van der Waals surface area contributed by atoms with Crippen LogP contribution >= 0.6 is 0 Å². The van der Waals surface area contributed by atoms with E-state index < -0.39 is 11.5 Å². The number of rotatable bonds is 7. The van der Waals surface area contributed by atoms with E-state index in [4.69, 9.17) is 18.9 Å². The number of benzene rings is 3. The van der Waals surface area contributed by atoms with E-state index in [9.17, 15) is 9.59 Å². The van der Waals surface area contributed by atoms with E-state index in [-0.39, 0.29) is 18.7 Å². The molecule has 0 bridgehead atoms. The zero-order valence-electron chi connectivity index (χ0n) is 21.2. The summed E-state index contributed by atoms with van der Waals surface area (Å²) in [6, 6.07) is 21.1. The molecular formula is C30H32O6. The van der Waals surface area contributed by atoms with Crippen molar-refractivity contribution in [2.45, 2.75) is 52.2 Å². The molecule has 1 atom stereocenters. The second-order valence-corrected chi connectivity index (χ2v) is 9.72. The molecule has 3 aromatic rings. The first-order chi connectivity index (χ1) is 17.2. The summed E-state index contributed by atoms with van der Waals surface area (Å²) in [4.78, 5) is 25.2. The second kappa shape index (κ2) is 11.0. The minimum Gasteiger partial charge on any atom is -0.467 e. The van der Waals surface area contributed by atoms with Crippen molar-refractivity contribution in [3.63, 3.8) is 0 Å². The van der Waals surface area contributed by atoms with E-state index in [0.29, 0.717) is 25.2 Å². The highest BCUT2D eigenvalue weighted by molar-refractivity contribution is 5.89. The number of esters is 2. The highest BCUT2D eigenvalue weighted by Gasteiger charge is 2.24. The molecule has 0 amide bonds. The monoisotopic (exact) mass is 488 g/mol. The van der Waals surface area contributed by atoms with Crippen molar-refractivity contribution in [1.29, 1.82) is 0 Å². The average Bonchev–Trinajstić information content (AvgIpc) is 2.86. The first-order valence-corrected chi connectivity index (χ1v) is 12.2. The number of hydrogen-bond acceptors (Lipinski definition) is 6. The van der Waals surface area contributed by atoms with E-state index in [1.54, 1.807) is 19.1 Å². The van der Waals surface area contributed by atoms with Crippen molar-refractivity contribution in [3.8, 4) is 16.9 Å². The standard InChI is InChI=1S/C30H32O6/c1-5-34-29(32)25(17-20-9-11-23(12-10-20)28(31)36-30(2,3)4)22-15-13-21(14-16-22)24-7-6-8-27-26(24)18-33-19-35-27/h6-16,25H,5,17-19H2,1-4H3. The molecule has 0 saturated carbocycles. The minimum atomic E-state index is -0.560. The van der Waals surface area contributed by atoms with Gasteiger partial charge in [0, 0.05) is 5.56 Å². The van der Waals surface area contributed by atoms with Gasteiger partial charge in [-0.3, -0.25) is 4.79 Å². The van der Waals surface area contributed by atoms with Gasteiger partial charge in [-0.25, -0.2) is 4.79 Å². The summed E-state index contributed by atoms with van der Waals surface area (Å²) >= 11 is 0. The Morgan fingerprint density at radius 2 is 1.69 bits per heavy atom. The molecule has 4 rings (SSSR count). The third kappa shape index (κ3) is 6.13. The lowest BCUT2D eigenvalue weighted by Gasteiger charge is -2.21. The van der Waals surface area contributed by atoms with Crippen molar-refractivity contribution < 1.29 is 28.5 Å². The number of ether oxygens (including phenoxy) is 4. The summed E-state index contributed by atoms with van der Waals surface area (Å²) in [7, 11) is 0. The van der Waals surface area contributed by atoms with Crippen LogP contribution in [0.1, 0.15) is 60.7 Å². The molecule has 1 aliphatic rings. The fourth-order valence-corrected chi connectivity index (χ4v) is 4.19. The van der Waals surface area contributed by atoms with E-state index in [1.807, 2.05) is 75.4 Å². The smallest absolute Gasteiger partial charge is 0.338 e. The van der Waals surface area contributed by atoms with Gasteiger partial charge in [-0.2, -0.15) is 0 Å². The van der Waals surface area contributed by atoms with Crippen molar-refractivity contribution in [2.24, 2.45) is 0 Å². The van der Waals surface area contributed by atoms with Crippen molar-refractivity contribution in [2.75, 3.05) is 13.4 Å². The maximum atomic E-state index is 12.9. The molecule has 0 saturated heterocycles. The third-order valence-corrected chi connectivity index (χ3v) is 5.90. The zero-order valence-corrected chi connectivity index (χ0v) is 21.2. The molecule has 0 radical (unpaired) electrons. The molecule has 0 N–H and O–H groups in total.